The van der Waals surface area contributed by atoms with Gasteiger partial charge in [0.1, 0.15) is 5.75 Å². The average Bonchev–Trinajstić information content (AvgIpc) is 3.24. The number of ether oxygens (including phenoxy) is 1. The molecule has 0 spiro atoms. The molecule has 0 saturated heterocycles. The molecule has 0 radical (unpaired) electrons. The first kappa shape index (κ1) is 18.7. The highest BCUT2D eigenvalue weighted by atomic mass is 35.5. The normalized spacial score (nSPS) is 12.0. The molecule has 4 rings (SSSR count). The molecule has 2 aromatic carbocycles. The highest BCUT2D eigenvalue weighted by Gasteiger charge is 2.11. The number of halogens is 1. The number of hydrogen-bond acceptors (Lipinski definition) is 5. The molecular formula is C21H18ClN3O2S. The van der Waals surface area contributed by atoms with Crippen LogP contribution in [0.25, 0.3) is 22.4 Å². The Morgan fingerprint density at radius 2 is 1.89 bits per heavy atom. The molecule has 2 aromatic heterocycles. The van der Waals surface area contributed by atoms with Gasteiger partial charge in [-0.2, -0.15) is 9.50 Å². The summed E-state index contributed by atoms with van der Waals surface area (Å²) >= 11 is 7.24. The molecule has 0 fully saturated rings. The van der Waals surface area contributed by atoms with E-state index < -0.39 is 0 Å². The van der Waals surface area contributed by atoms with Gasteiger partial charge in [0.15, 0.2) is 5.82 Å². The zero-order chi connectivity index (χ0) is 19.5. The smallest absolute Gasteiger partial charge is 0.291 e. The summed E-state index contributed by atoms with van der Waals surface area (Å²) in [4.78, 5) is 17.7. The Hall–Kier alpha value is -2.70. The summed E-state index contributed by atoms with van der Waals surface area (Å²) in [5, 5.41) is 5.00. The number of unbranched alkanes of at least 4 members (excludes halogenated alkanes) is 1. The molecule has 4 aromatic rings. The van der Waals surface area contributed by atoms with Crippen LogP contribution in [-0.2, 0) is 0 Å². The second-order valence-corrected chi connectivity index (χ2v) is 7.77. The van der Waals surface area contributed by atoms with Gasteiger partial charge in [0.2, 0.25) is 4.96 Å². The van der Waals surface area contributed by atoms with E-state index in [1.807, 2.05) is 42.5 Å². The standard InChI is InChI=1S/C21H18ClN3O2S/c1-2-3-12-27-17-10-4-14(5-11-17)13-18-20(26)25-21(28-18)23-19(24-25)15-6-8-16(22)9-7-15/h4-11,13H,2-3,12H2,1H3/b18-13-. The van der Waals surface area contributed by atoms with E-state index in [0.29, 0.717) is 26.9 Å². The molecule has 7 heteroatoms. The summed E-state index contributed by atoms with van der Waals surface area (Å²) in [5.74, 6) is 1.35. The summed E-state index contributed by atoms with van der Waals surface area (Å²) in [6.07, 6.45) is 3.99. The van der Waals surface area contributed by atoms with Crippen LogP contribution in [0.2, 0.25) is 5.02 Å². The first-order valence-corrected chi connectivity index (χ1v) is 10.2. The minimum Gasteiger partial charge on any atom is -0.494 e. The summed E-state index contributed by atoms with van der Waals surface area (Å²) in [7, 11) is 0. The third-order valence-corrected chi connectivity index (χ3v) is 5.44. The molecule has 0 N–H and O–H groups in total. The number of hydrogen-bond donors (Lipinski definition) is 0. The van der Waals surface area contributed by atoms with Gasteiger partial charge in [-0.15, -0.1) is 5.10 Å². The quantitative estimate of drug-likeness (QED) is 0.446. The monoisotopic (exact) mass is 411 g/mol. The molecule has 5 nitrogen and oxygen atoms in total. The van der Waals surface area contributed by atoms with Crippen molar-refractivity contribution in [3.05, 3.63) is 74.0 Å². The molecular weight excluding hydrogens is 394 g/mol. The minimum atomic E-state index is -0.170. The number of thiazole rings is 1. The molecule has 2 heterocycles. The van der Waals surface area contributed by atoms with Gasteiger partial charge in [-0.05, 0) is 54.5 Å². The van der Waals surface area contributed by atoms with Crippen LogP contribution in [0.1, 0.15) is 25.3 Å². The molecule has 142 valence electrons. The van der Waals surface area contributed by atoms with Crippen molar-refractivity contribution in [2.45, 2.75) is 19.8 Å². The Bertz CT molecular complexity index is 1200. The number of nitrogens with zero attached hydrogens (tertiary/aromatic N) is 3. The van der Waals surface area contributed by atoms with E-state index in [4.69, 9.17) is 16.3 Å². The van der Waals surface area contributed by atoms with Crippen molar-refractivity contribution >= 4 is 34.0 Å². The fourth-order valence-electron chi connectivity index (χ4n) is 2.70. The SMILES string of the molecule is CCCCOc1ccc(/C=c2\sc3nc(-c4ccc(Cl)cc4)nn3c2=O)cc1. The lowest BCUT2D eigenvalue weighted by Crippen LogP contribution is -2.23. The van der Waals surface area contributed by atoms with Crippen LogP contribution in [-0.4, -0.2) is 21.2 Å². The van der Waals surface area contributed by atoms with Crippen LogP contribution in [0, 0.1) is 0 Å². The maximum atomic E-state index is 12.7. The Balaban J connectivity index is 1.60. The third-order valence-electron chi connectivity index (χ3n) is 4.23. The maximum Gasteiger partial charge on any atom is 0.291 e. The van der Waals surface area contributed by atoms with Gasteiger partial charge in [0, 0.05) is 10.6 Å². The highest BCUT2D eigenvalue weighted by molar-refractivity contribution is 7.15. The molecule has 0 aliphatic carbocycles. The van der Waals surface area contributed by atoms with Gasteiger partial charge in [-0.25, -0.2) is 0 Å². The van der Waals surface area contributed by atoms with E-state index in [9.17, 15) is 4.79 Å². The summed E-state index contributed by atoms with van der Waals surface area (Å²) in [6, 6.07) is 14.9. The molecule has 0 aliphatic rings. The Kier molecular flexibility index (Phi) is 5.41. The van der Waals surface area contributed by atoms with E-state index in [1.54, 1.807) is 12.1 Å². The van der Waals surface area contributed by atoms with Crippen molar-refractivity contribution in [2.75, 3.05) is 6.61 Å². The Morgan fingerprint density at radius 3 is 2.57 bits per heavy atom. The molecule has 0 unspecified atom stereocenters. The van der Waals surface area contributed by atoms with Crippen LogP contribution < -0.4 is 14.8 Å². The Labute approximate surface area is 170 Å². The lowest BCUT2D eigenvalue weighted by Gasteiger charge is -2.04. The van der Waals surface area contributed by atoms with Crippen molar-refractivity contribution in [3.8, 4) is 17.1 Å². The molecule has 0 atom stereocenters. The van der Waals surface area contributed by atoms with Crippen LogP contribution in [0.3, 0.4) is 0 Å². The van der Waals surface area contributed by atoms with E-state index >= 15 is 0 Å². The van der Waals surface area contributed by atoms with E-state index in [2.05, 4.69) is 17.0 Å². The van der Waals surface area contributed by atoms with Gasteiger partial charge in [0.05, 0.1) is 11.1 Å². The topological polar surface area (TPSA) is 56.5 Å². The fraction of sp³-hybridized carbons (Fsp3) is 0.190. The minimum absolute atomic E-state index is 0.170. The van der Waals surface area contributed by atoms with Crippen LogP contribution in [0.15, 0.2) is 53.3 Å². The lowest BCUT2D eigenvalue weighted by molar-refractivity contribution is 0.309. The van der Waals surface area contributed by atoms with Crippen molar-refractivity contribution in [1.29, 1.82) is 0 Å². The first-order chi connectivity index (χ1) is 13.6. The Morgan fingerprint density at radius 1 is 1.14 bits per heavy atom. The maximum absolute atomic E-state index is 12.7. The largest absolute Gasteiger partial charge is 0.494 e. The average molecular weight is 412 g/mol. The second kappa shape index (κ2) is 8.12. The molecule has 0 bridgehead atoms. The summed E-state index contributed by atoms with van der Waals surface area (Å²) in [6.45, 7) is 2.85. The fourth-order valence-corrected chi connectivity index (χ4v) is 3.73. The summed E-state index contributed by atoms with van der Waals surface area (Å²) in [5.41, 5.74) is 1.59. The zero-order valence-electron chi connectivity index (χ0n) is 15.3. The van der Waals surface area contributed by atoms with Crippen molar-refractivity contribution in [3.63, 3.8) is 0 Å². The van der Waals surface area contributed by atoms with Gasteiger partial charge in [0.25, 0.3) is 5.56 Å². The van der Waals surface area contributed by atoms with Gasteiger partial charge < -0.3 is 4.74 Å². The predicted octanol–water partition coefficient (Wildman–Crippen LogP) is 4.20. The van der Waals surface area contributed by atoms with Gasteiger partial charge in [-0.1, -0.05) is 48.4 Å². The van der Waals surface area contributed by atoms with Gasteiger partial charge in [-0.3, -0.25) is 4.79 Å². The highest BCUT2D eigenvalue weighted by Crippen LogP contribution is 2.19. The van der Waals surface area contributed by atoms with Crippen molar-refractivity contribution in [2.24, 2.45) is 0 Å². The predicted molar refractivity (Wildman–Crippen MR) is 113 cm³/mol. The van der Waals surface area contributed by atoms with Crippen LogP contribution in [0.4, 0.5) is 0 Å². The lowest BCUT2D eigenvalue weighted by atomic mass is 10.2. The van der Waals surface area contributed by atoms with Crippen LogP contribution >= 0.6 is 22.9 Å². The van der Waals surface area contributed by atoms with Crippen molar-refractivity contribution < 1.29 is 4.74 Å². The zero-order valence-corrected chi connectivity index (χ0v) is 16.8. The van der Waals surface area contributed by atoms with E-state index in [1.165, 1.54) is 15.9 Å². The molecule has 0 amide bonds. The van der Waals surface area contributed by atoms with Gasteiger partial charge >= 0.3 is 0 Å². The molecule has 0 aliphatic heterocycles. The number of fused-ring (bicyclic) bond motifs is 1. The van der Waals surface area contributed by atoms with Crippen LogP contribution in [0.5, 0.6) is 5.75 Å². The number of aromatic nitrogens is 3. The van der Waals surface area contributed by atoms with E-state index in [0.717, 1.165) is 29.7 Å². The second-order valence-electron chi connectivity index (χ2n) is 6.32. The summed E-state index contributed by atoms with van der Waals surface area (Å²) < 4.78 is 7.61. The third kappa shape index (κ3) is 3.93. The first-order valence-electron chi connectivity index (χ1n) is 9.04. The molecule has 0 saturated carbocycles. The van der Waals surface area contributed by atoms with Crippen molar-refractivity contribution in [1.82, 2.24) is 14.6 Å². The number of rotatable bonds is 6. The number of benzene rings is 2. The molecule has 28 heavy (non-hydrogen) atoms. The van der Waals surface area contributed by atoms with E-state index in [-0.39, 0.29) is 5.56 Å².